The fourth-order valence-electron chi connectivity index (χ4n) is 1.72. The van der Waals surface area contributed by atoms with Crippen LogP contribution in [0.1, 0.15) is 40.0 Å². The van der Waals surface area contributed by atoms with Crippen molar-refractivity contribution in [3.8, 4) is 0 Å². The van der Waals surface area contributed by atoms with Crippen LogP contribution in [0.4, 0.5) is 0 Å². The van der Waals surface area contributed by atoms with Crippen LogP contribution in [0.3, 0.4) is 0 Å². The molecule has 0 bridgehead atoms. The minimum Gasteiger partial charge on any atom is -0.480 e. The lowest BCUT2D eigenvalue weighted by atomic mass is 10.1. The molecule has 0 aliphatic rings. The van der Waals surface area contributed by atoms with Crippen molar-refractivity contribution in [2.75, 3.05) is 6.54 Å². The smallest absolute Gasteiger partial charge is 0.320 e. The van der Waals surface area contributed by atoms with Crippen LogP contribution >= 0.6 is 12.2 Å². The highest BCUT2D eigenvalue weighted by atomic mass is 32.1. The van der Waals surface area contributed by atoms with Crippen LogP contribution < -0.4 is 5.73 Å². The maximum atomic E-state index is 11.2. The number of nitrogens with two attached hydrogens (primary N) is 1. The molecule has 94 valence electrons. The standard InChI is InChI=1S/C11H22N2O2S/c1-4-5-9(11(14)15)13(8(2)3)7-6-10(12)16/h8-9H,4-7H2,1-3H3,(H2,12,16)(H,14,15). The molecule has 0 spiro atoms. The third-order valence-corrected chi connectivity index (χ3v) is 2.73. The molecule has 16 heavy (non-hydrogen) atoms. The quantitative estimate of drug-likeness (QED) is 0.637. The van der Waals surface area contributed by atoms with E-state index in [2.05, 4.69) is 0 Å². The second-order valence-electron chi connectivity index (χ2n) is 4.19. The van der Waals surface area contributed by atoms with Gasteiger partial charge in [0.25, 0.3) is 0 Å². The molecule has 0 saturated carbocycles. The van der Waals surface area contributed by atoms with Crippen LogP contribution in [-0.2, 0) is 4.79 Å². The number of carbonyl (C=O) groups is 1. The van der Waals surface area contributed by atoms with E-state index in [4.69, 9.17) is 18.0 Å². The summed E-state index contributed by atoms with van der Waals surface area (Å²) in [5, 5.41) is 9.18. The lowest BCUT2D eigenvalue weighted by Gasteiger charge is -2.32. The molecule has 0 amide bonds. The number of rotatable bonds is 8. The Hall–Kier alpha value is -0.680. The van der Waals surface area contributed by atoms with Crippen LogP contribution in [0.25, 0.3) is 0 Å². The number of thiocarbonyl (C=S) groups is 1. The van der Waals surface area contributed by atoms with E-state index in [0.717, 1.165) is 6.42 Å². The van der Waals surface area contributed by atoms with E-state index in [1.165, 1.54) is 0 Å². The van der Waals surface area contributed by atoms with Gasteiger partial charge in [0, 0.05) is 19.0 Å². The number of hydrogen-bond donors (Lipinski definition) is 2. The number of carboxylic acids is 1. The lowest BCUT2D eigenvalue weighted by Crippen LogP contribution is -2.46. The Labute approximate surface area is 103 Å². The minimum absolute atomic E-state index is 0.182. The van der Waals surface area contributed by atoms with E-state index >= 15 is 0 Å². The fourth-order valence-corrected chi connectivity index (χ4v) is 1.81. The van der Waals surface area contributed by atoms with Crippen molar-refractivity contribution >= 4 is 23.2 Å². The Balaban J connectivity index is 4.57. The van der Waals surface area contributed by atoms with Crippen LogP contribution in [0.15, 0.2) is 0 Å². The number of aliphatic carboxylic acids is 1. The Morgan fingerprint density at radius 1 is 1.50 bits per heavy atom. The Morgan fingerprint density at radius 3 is 2.38 bits per heavy atom. The van der Waals surface area contributed by atoms with Gasteiger partial charge in [0.05, 0.1) is 4.99 Å². The van der Waals surface area contributed by atoms with Crippen molar-refractivity contribution in [2.45, 2.75) is 52.1 Å². The Morgan fingerprint density at radius 2 is 2.06 bits per heavy atom. The van der Waals surface area contributed by atoms with Crippen LogP contribution in [0.2, 0.25) is 0 Å². The highest BCUT2D eigenvalue weighted by Gasteiger charge is 2.26. The predicted molar refractivity (Wildman–Crippen MR) is 69.6 cm³/mol. The maximum absolute atomic E-state index is 11.2. The van der Waals surface area contributed by atoms with Crippen molar-refractivity contribution in [1.82, 2.24) is 4.90 Å². The summed E-state index contributed by atoms with van der Waals surface area (Å²) in [4.78, 5) is 13.6. The van der Waals surface area contributed by atoms with E-state index < -0.39 is 12.0 Å². The third kappa shape index (κ3) is 5.42. The number of carboxylic acid groups (broad SMARTS) is 1. The first-order chi connectivity index (χ1) is 7.40. The van der Waals surface area contributed by atoms with E-state index in [-0.39, 0.29) is 6.04 Å². The first kappa shape index (κ1) is 15.3. The van der Waals surface area contributed by atoms with E-state index in [9.17, 15) is 9.90 Å². The second kappa shape index (κ2) is 7.57. The molecule has 0 aromatic heterocycles. The maximum Gasteiger partial charge on any atom is 0.320 e. The molecule has 0 aromatic carbocycles. The first-order valence-electron chi connectivity index (χ1n) is 5.67. The van der Waals surface area contributed by atoms with Gasteiger partial charge < -0.3 is 10.8 Å². The largest absolute Gasteiger partial charge is 0.480 e. The van der Waals surface area contributed by atoms with Crippen molar-refractivity contribution < 1.29 is 9.90 Å². The molecule has 3 N–H and O–H groups in total. The molecule has 0 saturated heterocycles. The zero-order valence-corrected chi connectivity index (χ0v) is 11.1. The summed E-state index contributed by atoms with van der Waals surface area (Å²) in [6, 6.07) is -0.249. The van der Waals surface area contributed by atoms with Crippen LogP contribution in [0, 0.1) is 0 Å². The summed E-state index contributed by atoms with van der Waals surface area (Å²) in [5.41, 5.74) is 5.45. The van der Waals surface area contributed by atoms with E-state index in [0.29, 0.717) is 24.4 Å². The summed E-state index contributed by atoms with van der Waals surface area (Å²) in [5.74, 6) is -0.765. The van der Waals surface area contributed by atoms with Crippen molar-refractivity contribution in [3.63, 3.8) is 0 Å². The molecule has 0 fully saturated rings. The van der Waals surface area contributed by atoms with Crippen LogP contribution in [-0.4, -0.2) is 39.6 Å². The van der Waals surface area contributed by atoms with Crippen molar-refractivity contribution in [3.05, 3.63) is 0 Å². The summed E-state index contributed by atoms with van der Waals surface area (Å²) < 4.78 is 0. The summed E-state index contributed by atoms with van der Waals surface area (Å²) in [7, 11) is 0. The lowest BCUT2D eigenvalue weighted by molar-refractivity contribution is -0.144. The SMILES string of the molecule is CCCC(C(=O)O)N(CCC(N)=S)C(C)C. The molecule has 1 atom stereocenters. The topological polar surface area (TPSA) is 66.6 Å². The average molecular weight is 246 g/mol. The van der Waals surface area contributed by atoms with Gasteiger partial charge in [0.1, 0.15) is 6.04 Å². The molecule has 0 aromatic rings. The highest BCUT2D eigenvalue weighted by Crippen LogP contribution is 2.12. The van der Waals surface area contributed by atoms with Gasteiger partial charge in [-0.15, -0.1) is 0 Å². The molecule has 0 heterocycles. The van der Waals surface area contributed by atoms with Crippen molar-refractivity contribution in [2.24, 2.45) is 5.73 Å². The van der Waals surface area contributed by atoms with Gasteiger partial charge in [0.15, 0.2) is 0 Å². The Kier molecular flexibility index (Phi) is 7.25. The zero-order valence-electron chi connectivity index (χ0n) is 10.3. The number of nitrogens with zero attached hydrogens (tertiary/aromatic N) is 1. The number of hydrogen-bond acceptors (Lipinski definition) is 3. The van der Waals surface area contributed by atoms with Gasteiger partial charge in [-0.2, -0.15) is 0 Å². The monoisotopic (exact) mass is 246 g/mol. The molecule has 0 aliphatic heterocycles. The molecule has 0 aliphatic carbocycles. The molecular formula is C11H22N2O2S. The van der Waals surface area contributed by atoms with Gasteiger partial charge >= 0.3 is 5.97 Å². The molecule has 0 rings (SSSR count). The highest BCUT2D eigenvalue weighted by molar-refractivity contribution is 7.80. The predicted octanol–water partition coefficient (Wildman–Crippen LogP) is 1.63. The summed E-state index contributed by atoms with van der Waals surface area (Å²) in [6.45, 7) is 6.59. The molecular weight excluding hydrogens is 224 g/mol. The van der Waals surface area contributed by atoms with Gasteiger partial charge in [-0.25, -0.2) is 0 Å². The summed E-state index contributed by atoms with van der Waals surface area (Å²) >= 11 is 4.82. The Bertz CT molecular complexity index is 244. The fraction of sp³-hybridized carbons (Fsp3) is 0.818. The molecule has 1 unspecified atom stereocenters. The molecule has 5 heteroatoms. The van der Waals surface area contributed by atoms with E-state index in [1.54, 1.807) is 0 Å². The van der Waals surface area contributed by atoms with Gasteiger partial charge in [-0.05, 0) is 20.3 Å². The van der Waals surface area contributed by atoms with Crippen LogP contribution in [0.5, 0.6) is 0 Å². The van der Waals surface area contributed by atoms with Gasteiger partial charge in [-0.3, -0.25) is 9.69 Å². The van der Waals surface area contributed by atoms with Gasteiger partial charge in [-0.1, -0.05) is 25.6 Å². The summed E-state index contributed by atoms with van der Waals surface area (Å²) in [6.07, 6.45) is 2.08. The minimum atomic E-state index is -0.765. The normalized spacial score (nSPS) is 13.1. The van der Waals surface area contributed by atoms with Crippen molar-refractivity contribution in [1.29, 1.82) is 0 Å². The average Bonchev–Trinajstić information content (AvgIpc) is 2.15. The zero-order chi connectivity index (χ0) is 12.7. The first-order valence-corrected chi connectivity index (χ1v) is 6.07. The second-order valence-corrected chi connectivity index (χ2v) is 4.71. The molecule has 0 radical (unpaired) electrons. The molecule has 4 nitrogen and oxygen atoms in total. The van der Waals surface area contributed by atoms with Gasteiger partial charge in [0.2, 0.25) is 0 Å². The third-order valence-electron chi connectivity index (χ3n) is 2.53. The van der Waals surface area contributed by atoms with E-state index in [1.807, 2.05) is 25.7 Å².